The molecular formula is C13H21FN4. The zero-order chi connectivity index (χ0) is 13.5. The molecule has 4 nitrogen and oxygen atoms in total. The Morgan fingerprint density at radius 3 is 2.78 bits per heavy atom. The second kappa shape index (κ2) is 6.96. The quantitative estimate of drug-likeness (QED) is 0.371. The number of guanidine groups is 1. The molecule has 0 aromatic heterocycles. The molecule has 1 rings (SSSR count). The van der Waals surface area contributed by atoms with Crippen LogP contribution in [-0.4, -0.2) is 24.5 Å². The van der Waals surface area contributed by atoms with E-state index in [0.29, 0.717) is 25.0 Å². The molecule has 5 heteroatoms. The van der Waals surface area contributed by atoms with Crippen LogP contribution in [0.4, 0.5) is 4.39 Å². The van der Waals surface area contributed by atoms with Gasteiger partial charge >= 0.3 is 0 Å². The fourth-order valence-electron chi connectivity index (χ4n) is 1.53. The highest BCUT2D eigenvalue weighted by Gasteiger charge is 2.06. The summed E-state index contributed by atoms with van der Waals surface area (Å²) in [6, 6.07) is 6.50. The third-order valence-corrected chi connectivity index (χ3v) is 2.41. The van der Waals surface area contributed by atoms with Crippen molar-refractivity contribution in [2.45, 2.75) is 20.4 Å². The van der Waals surface area contributed by atoms with Gasteiger partial charge in [0.1, 0.15) is 5.82 Å². The number of nitrogens with two attached hydrogens (primary N) is 1. The number of benzene rings is 1. The number of rotatable bonds is 4. The van der Waals surface area contributed by atoms with Gasteiger partial charge in [0.05, 0.1) is 0 Å². The van der Waals surface area contributed by atoms with E-state index in [1.165, 1.54) is 12.1 Å². The first kappa shape index (κ1) is 14.4. The van der Waals surface area contributed by atoms with Gasteiger partial charge in [-0.1, -0.05) is 26.0 Å². The van der Waals surface area contributed by atoms with Crippen molar-refractivity contribution in [1.82, 2.24) is 10.3 Å². The van der Waals surface area contributed by atoms with E-state index >= 15 is 0 Å². The van der Waals surface area contributed by atoms with Gasteiger partial charge in [-0.05, 0) is 23.6 Å². The van der Waals surface area contributed by atoms with E-state index in [0.717, 1.165) is 5.56 Å². The number of hydrogen-bond donors (Lipinski definition) is 2. The average molecular weight is 252 g/mol. The van der Waals surface area contributed by atoms with E-state index in [1.54, 1.807) is 6.07 Å². The highest BCUT2D eigenvalue weighted by molar-refractivity contribution is 5.79. The van der Waals surface area contributed by atoms with Crippen molar-refractivity contribution in [3.63, 3.8) is 0 Å². The lowest BCUT2D eigenvalue weighted by atomic mass is 10.2. The predicted octanol–water partition coefficient (Wildman–Crippen LogP) is 1.73. The topological polar surface area (TPSA) is 53.6 Å². The van der Waals surface area contributed by atoms with Crippen molar-refractivity contribution in [3.05, 3.63) is 35.6 Å². The highest BCUT2D eigenvalue weighted by Crippen LogP contribution is 2.06. The molecule has 0 fully saturated rings. The first-order valence-electron chi connectivity index (χ1n) is 5.99. The zero-order valence-electron chi connectivity index (χ0n) is 11.2. The summed E-state index contributed by atoms with van der Waals surface area (Å²) in [5, 5.41) is 0. The van der Waals surface area contributed by atoms with Crippen LogP contribution in [0.2, 0.25) is 0 Å². The molecule has 0 amide bonds. The van der Waals surface area contributed by atoms with Crippen molar-refractivity contribution < 1.29 is 4.39 Å². The van der Waals surface area contributed by atoms with Crippen LogP contribution in [0.5, 0.6) is 0 Å². The minimum absolute atomic E-state index is 0.234. The van der Waals surface area contributed by atoms with Crippen LogP contribution in [0.15, 0.2) is 29.3 Å². The number of hydrogen-bond acceptors (Lipinski definition) is 2. The van der Waals surface area contributed by atoms with Crippen molar-refractivity contribution in [2.75, 3.05) is 13.6 Å². The van der Waals surface area contributed by atoms with E-state index in [4.69, 9.17) is 5.84 Å². The molecule has 0 saturated heterocycles. The van der Waals surface area contributed by atoms with Crippen LogP contribution in [0.1, 0.15) is 19.4 Å². The maximum Gasteiger partial charge on any atom is 0.208 e. The maximum absolute atomic E-state index is 13.1. The average Bonchev–Trinajstić information content (AvgIpc) is 2.29. The van der Waals surface area contributed by atoms with E-state index in [9.17, 15) is 4.39 Å². The second-order valence-corrected chi connectivity index (χ2v) is 4.69. The van der Waals surface area contributed by atoms with E-state index < -0.39 is 0 Å². The summed E-state index contributed by atoms with van der Waals surface area (Å²) in [4.78, 5) is 6.23. The summed E-state index contributed by atoms with van der Waals surface area (Å²) in [7, 11) is 1.87. The number of aliphatic imine (C=N–C) groups is 1. The van der Waals surface area contributed by atoms with Gasteiger partial charge in [-0.3, -0.25) is 10.4 Å². The highest BCUT2D eigenvalue weighted by atomic mass is 19.1. The Morgan fingerprint density at radius 2 is 2.22 bits per heavy atom. The molecule has 3 N–H and O–H groups in total. The number of nitrogens with one attached hydrogen (secondary N) is 1. The minimum Gasteiger partial charge on any atom is -0.341 e. The summed E-state index contributed by atoms with van der Waals surface area (Å²) in [5.41, 5.74) is 3.45. The van der Waals surface area contributed by atoms with Gasteiger partial charge in [0, 0.05) is 20.1 Å². The molecule has 1 aromatic carbocycles. The van der Waals surface area contributed by atoms with Crippen LogP contribution in [0.3, 0.4) is 0 Å². The van der Waals surface area contributed by atoms with Crippen molar-refractivity contribution in [3.8, 4) is 0 Å². The van der Waals surface area contributed by atoms with Gasteiger partial charge < -0.3 is 4.90 Å². The molecule has 0 bridgehead atoms. The third kappa shape index (κ3) is 4.71. The first-order valence-corrected chi connectivity index (χ1v) is 5.99. The Labute approximate surface area is 108 Å². The standard InChI is InChI=1S/C13H21FN4/c1-10(2)8-16-13(17-15)18(3)9-11-5-4-6-12(14)7-11/h4-7,10H,8-9,15H2,1-3H3,(H,16,17). The SMILES string of the molecule is CC(C)CN=C(NN)N(C)Cc1cccc(F)c1. The minimum atomic E-state index is -0.234. The number of hydrazine groups is 1. The van der Waals surface area contributed by atoms with Crippen LogP contribution in [0, 0.1) is 11.7 Å². The number of nitrogens with zero attached hydrogens (tertiary/aromatic N) is 2. The molecule has 0 atom stereocenters. The summed E-state index contributed by atoms with van der Waals surface area (Å²) < 4.78 is 13.1. The van der Waals surface area contributed by atoms with Gasteiger partial charge in [0.15, 0.2) is 0 Å². The van der Waals surface area contributed by atoms with Gasteiger partial charge in [-0.2, -0.15) is 0 Å². The van der Waals surface area contributed by atoms with Crippen LogP contribution in [0.25, 0.3) is 0 Å². The molecule has 0 aliphatic rings. The smallest absolute Gasteiger partial charge is 0.208 e. The van der Waals surface area contributed by atoms with Crippen LogP contribution >= 0.6 is 0 Å². The molecule has 18 heavy (non-hydrogen) atoms. The van der Waals surface area contributed by atoms with E-state index in [-0.39, 0.29) is 5.82 Å². The van der Waals surface area contributed by atoms with Crippen molar-refractivity contribution in [2.24, 2.45) is 16.8 Å². The van der Waals surface area contributed by atoms with Gasteiger partial charge in [0.25, 0.3) is 0 Å². The molecule has 100 valence electrons. The molecular weight excluding hydrogens is 231 g/mol. The summed E-state index contributed by atoms with van der Waals surface area (Å²) in [5.74, 6) is 6.29. The molecule has 0 spiro atoms. The maximum atomic E-state index is 13.1. The van der Waals surface area contributed by atoms with Crippen LogP contribution < -0.4 is 11.3 Å². The lowest BCUT2D eigenvalue weighted by Crippen LogP contribution is -2.42. The van der Waals surface area contributed by atoms with Crippen LogP contribution in [-0.2, 0) is 6.54 Å². The Bertz CT molecular complexity index is 404. The fraction of sp³-hybridized carbons (Fsp3) is 0.462. The lowest BCUT2D eigenvalue weighted by Gasteiger charge is -2.21. The Kier molecular flexibility index (Phi) is 5.58. The van der Waals surface area contributed by atoms with Gasteiger partial charge in [-0.25, -0.2) is 10.2 Å². The van der Waals surface area contributed by atoms with Gasteiger partial charge in [-0.15, -0.1) is 0 Å². The Morgan fingerprint density at radius 1 is 1.50 bits per heavy atom. The predicted molar refractivity (Wildman–Crippen MR) is 72.3 cm³/mol. The normalized spacial score (nSPS) is 11.8. The largest absolute Gasteiger partial charge is 0.341 e. The molecule has 0 radical (unpaired) electrons. The first-order chi connectivity index (χ1) is 8.52. The monoisotopic (exact) mass is 252 g/mol. The molecule has 1 aromatic rings. The zero-order valence-corrected chi connectivity index (χ0v) is 11.2. The fourth-order valence-corrected chi connectivity index (χ4v) is 1.53. The summed E-state index contributed by atoms with van der Waals surface area (Å²) in [6.45, 7) is 5.43. The summed E-state index contributed by atoms with van der Waals surface area (Å²) in [6.07, 6.45) is 0. The van der Waals surface area contributed by atoms with Crippen molar-refractivity contribution in [1.29, 1.82) is 0 Å². The lowest BCUT2D eigenvalue weighted by molar-refractivity contribution is 0.472. The Hall–Kier alpha value is -1.62. The molecule has 0 heterocycles. The molecule has 0 aliphatic carbocycles. The number of halogens is 1. The van der Waals surface area contributed by atoms with E-state index in [1.807, 2.05) is 18.0 Å². The Balaban J connectivity index is 2.67. The molecule has 0 aliphatic heterocycles. The van der Waals surface area contributed by atoms with Crippen molar-refractivity contribution >= 4 is 5.96 Å². The molecule has 0 unspecified atom stereocenters. The summed E-state index contributed by atoms with van der Waals surface area (Å²) >= 11 is 0. The van der Waals surface area contributed by atoms with E-state index in [2.05, 4.69) is 24.3 Å². The third-order valence-electron chi connectivity index (χ3n) is 2.41. The molecule has 0 saturated carbocycles. The second-order valence-electron chi connectivity index (χ2n) is 4.69. The van der Waals surface area contributed by atoms with Gasteiger partial charge in [0.2, 0.25) is 5.96 Å².